The van der Waals surface area contributed by atoms with Gasteiger partial charge in [-0.1, -0.05) is 55.7 Å². The summed E-state index contributed by atoms with van der Waals surface area (Å²) < 4.78 is 0.830. The summed E-state index contributed by atoms with van der Waals surface area (Å²) in [6.45, 7) is 7.12. The van der Waals surface area contributed by atoms with Gasteiger partial charge in [-0.2, -0.15) is 0 Å². The monoisotopic (exact) mass is 330 g/mol. The van der Waals surface area contributed by atoms with E-state index in [1.54, 1.807) is 0 Å². The number of anilines is 1. The number of hydrogen-bond donors (Lipinski definition) is 2. The minimum absolute atomic E-state index is 0.0724. The minimum Gasteiger partial charge on any atom is -0.360 e. The van der Waals surface area contributed by atoms with Crippen molar-refractivity contribution in [3.63, 3.8) is 0 Å². The Kier molecular flexibility index (Phi) is 9.41. The van der Waals surface area contributed by atoms with Crippen LogP contribution < -0.4 is 10.6 Å². The lowest BCUT2D eigenvalue weighted by Crippen LogP contribution is -2.33. The van der Waals surface area contributed by atoms with Gasteiger partial charge in [-0.25, -0.2) is 0 Å². The molecule has 0 spiro atoms. The number of hydrogen-bond acceptors (Lipinski definition) is 6. The zero-order valence-corrected chi connectivity index (χ0v) is 14.8. The molecule has 1 amide bonds. The van der Waals surface area contributed by atoms with Crippen molar-refractivity contribution in [2.75, 3.05) is 17.6 Å². The lowest BCUT2D eigenvalue weighted by molar-refractivity contribution is -0.119. The smallest absolute Gasteiger partial charge is 0.230 e. The summed E-state index contributed by atoms with van der Waals surface area (Å²) in [6, 6.07) is 0.252. The van der Waals surface area contributed by atoms with Crippen molar-refractivity contribution in [2.24, 2.45) is 0 Å². The number of carbonyl (C=O) groups is 1. The Hall–Kier alpha value is -0.820. The number of rotatable bonds is 11. The fraction of sp³-hybridized carbons (Fsp3) is 0.786. The van der Waals surface area contributed by atoms with Crippen LogP contribution in [0.15, 0.2) is 4.34 Å². The van der Waals surface area contributed by atoms with Gasteiger partial charge in [-0.05, 0) is 20.3 Å². The molecule has 0 saturated heterocycles. The van der Waals surface area contributed by atoms with Gasteiger partial charge < -0.3 is 10.6 Å². The van der Waals surface area contributed by atoms with E-state index in [-0.39, 0.29) is 11.9 Å². The molecular formula is C14H26N4OS2. The van der Waals surface area contributed by atoms with Crippen LogP contribution in [-0.4, -0.2) is 34.4 Å². The highest BCUT2D eigenvalue weighted by Gasteiger charge is 2.10. The number of unbranched alkanes of at least 4 members (excludes halogenated alkanes) is 3. The van der Waals surface area contributed by atoms with Crippen LogP contribution in [0, 0.1) is 0 Å². The van der Waals surface area contributed by atoms with Crippen molar-refractivity contribution in [1.29, 1.82) is 0 Å². The molecule has 0 aliphatic rings. The van der Waals surface area contributed by atoms with Gasteiger partial charge in [0.15, 0.2) is 4.34 Å². The van der Waals surface area contributed by atoms with E-state index in [1.165, 1.54) is 48.8 Å². The molecule has 120 valence electrons. The fourth-order valence-electron chi connectivity index (χ4n) is 1.88. The van der Waals surface area contributed by atoms with E-state index in [1.807, 2.05) is 6.92 Å². The van der Waals surface area contributed by atoms with Crippen LogP contribution in [0.5, 0.6) is 0 Å². The number of nitrogens with zero attached hydrogens (tertiary/aromatic N) is 2. The first kappa shape index (κ1) is 18.2. The average molecular weight is 331 g/mol. The Morgan fingerprint density at radius 1 is 1.29 bits per heavy atom. The van der Waals surface area contributed by atoms with Crippen LogP contribution in [0.2, 0.25) is 0 Å². The Morgan fingerprint density at radius 3 is 2.81 bits per heavy atom. The minimum atomic E-state index is 0.0724. The van der Waals surface area contributed by atoms with Crippen LogP contribution in [0.3, 0.4) is 0 Å². The van der Waals surface area contributed by atoms with Crippen molar-refractivity contribution >= 4 is 34.1 Å². The van der Waals surface area contributed by atoms with Crippen molar-refractivity contribution in [3.8, 4) is 0 Å². The number of thioether (sulfide) groups is 1. The van der Waals surface area contributed by atoms with E-state index < -0.39 is 0 Å². The number of carbonyl (C=O) groups excluding carboxylic acids is 1. The fourth-order valence-corrected chi connectivity index (χ4v) is 3.51. The molecule has 0 aromatic carbocycles. The molecule has 0 radical (unpaired) electrons. The first-order chi connectivity index (χ1) is 10.2. The molecule has 1 aromatic rings. The van der Waals surface area contributed by atoms with Gasteiger partial charge in [0.05, 0.1) is 5.75 Å². The van der Waals surface area contributed by atoms with Crippen LogP contribution in [0.25, 0.3) is 0 Å². The Bertz CT molecular complexity index is 411. The summed E-state index contributed by atoms with van der Waals surface area (Å²) in [4.78, 5) is 11.9. The summed E-state index contributed by atoms with van der Waals surface area (Å²) in [7, 11) is 0. The molecule has 5 nitrogen and oxygen atoms in total. The van der Waals surface area contributed by atoms with Crippen molar-refractivity contribution in [1.82, 2.24) is 15.5 Å². The SMILES string of the molecule is CCCCCCC(C)NC(=O)CSc1nnc(NCC)s1. The Balaban J connectivity index is 2.17. The van der Waals surface area contributed by atoms with Crippen LogP contribution in [0.1, 0.15) is 52.9 Å². The normalized spacial score (nSPS) is 12.1. The molecule has 7 heteroatoms. The van der Waals surface area contributed by atoms with Crippen LogP contribution >= 0.6 is 23.1 Å². The van der Waals surface area contributed by atoms with E-state index in [2.05, 4.69) is 34.7 Å². The maximum absolute atomic E-state index is 11.9. The van der Waals surface area contributed by atoms with Gasteiger partial charge in [-0.3, -0.25) is 4.79 Å². The third-order valence-electron chi connectivity index (χ3n) is 2.96. The molecule has 0 aliphatic carbocycles. The molecule has 1 aromatic heterocycles. The average Bonchev–Trinajstić information content (AvgIpc) is 2.90. The second-order valence-electron chi connectivity index (χ2n) is 5.01. The van der Waals surface area contributed by atoms with Gasteiger partial charge in [-0.15, -0.1) is 10.2 Å². The predicted molar refractivity (Wildman–Crippen MR) is 91.2 cm³/mol. The lowest BCUT2D eigenvalue weighted by Gasteiger charge is -2.13. The highest BCUT2D eigenvalue weighted by atomic mass is 32.2. The standard InChI is InChI=1S/C14H26N4OS2/c1-4-6-7-8-9-11(3)16-12(19)10-20-14-18-17-13(21-14)15-5-2/h11H,4-10H2,1-3H3,(H,15,17)(H,16,19). The molecule has 2 N–H and O–H groups in total. The topological polar surface area (TPSA) is 66.9 Å². The molecule has 1 unspecified atom stereocenters. The van der Waals surface area contributed by atoms with Gasteiger partial charge >= 0.3 is 0 Å². The van der Waals surface area contributed by atoms with Crippen LogP contribution in [0.4, 0.5) is 5.13 Å². The second-order valence-corrected chi connectivity index (χ2v) is 7.21. The van der Waals surface area contributed by atoms with Gasteiger partial charge in [0.2, 0.25) is 11.0 Å². The van der Waals surface area contributed by atoms with E-state index in [4.69, 9.17) is 0 Å². The van der Waals surface area contributed by atoms with E-state index in [0.29, 0.717) is 5.75 Å². The first-order valence-corrected chi connectivity index (χ1v) is 9.45. The third-order valence-corrected chi connectivity index (χ3v) is 4.97. The largest absolute Gasteiger partial charge is 0.360 e. The van der Waals surface area contributed by atoms with Crippen LogP contribution in [-0.2, 0) is 4.79 Å². The first-order valence-electron chi connectivity index (χ1n) is 7.65. The zero-order valence-electron chi connectivity index (χ0n) is 13.1. The predicted octanol–water partition coefficient (Wildman–Crippen LogP) is 3.54. The third kappa shape index (κ3) is 8.26. The highest BCUT2D eigenvalue weighted by molar-refractivity contribution is 8.01. The van der Waals surface area contributed by atoms with E-state index in [0.717, 1.165) is 22.4 Å². The summed E-state index contributed by atoms with van der Waals surface area (Å²) in [5.74, 6) is 0.475. The molecule has 0 aliphatic heterocycles. The van der Waals surface area contributed by atoms with E-state index >= 15 is 0 Å². The summed E-state index contributed by atoms with van der Waals surface area (Å²) in [5, 5.41) is 15.0. The second kappa shape index (κ2) is 10.8. The van der Waals surface area contributed by atoms with Crippen molar-refractivity contribution < 1.29 is 4.79 Å². The van der Waals surface area contributed by atoms with Crippen molar-refractivity contribution in [2.45, 2.75) is 63.3 Å². The molecule has 0 bridgehead atoms. The zero-order chi connectivity index (χ0) is 15.5. The maximum Gasteiger partial charge on any atom is 0.230 e. The number of nitrogens with one attached hydrogen (secondary N) is 2. The molecule has 1 atom stereocenters. The lowest BCUT2D eigenvalue weighted by atomic mass is 10.1. The summed E-state index contributed by atoms with van der Waals surface area (Å²) in [6.07, 6.45) is 6.02. The van der Waals surface area contributed by atoms with Gasteiger partial charge in [0.25, 0.3) is 0 Å². The maximum atomic E-state index is 11.9. The molecule has 21 heavy (non-hydrogen) atoms. The molecule has 0 saturated carbocycles. The highest BCUT2D eigenvalue weighted by Crippen LogP contribution is 2.25. The summed E-state index contributed by atoms with van der Waals surface area (Å²) in [5.41, 5.74) is 0. The molecule has 0 fully saturated rings. The number of amides is 1. The Labute approximate surface area is 135 Å². The van der Waals surface area contributed by atoms with Gasteiger partial charge in [0, 0.05) is 12.6 Å². The molecular weight excluding hydrogens is 304 g/mol. The Morgan fingerprint density at radius 2 is 2.10 bits per heavy atom. The number of aromatic nitrogens is 2. The van der Waals surface area contributed by atoms with Crippen molar-refractivity contribution in [3.05, 3.63) is 0 Å². The van der Waals surface area contributed by atoms with E-state index in [9.17, 15) is 4.79 Å². The molecule has 1 heterocycles. The van der Waals surface area contributed by atoms with Gasteiger partial charge in [0.1, 0.15) is 0 Å². The molecule has 1 rings (SSSR count). The quantitative estimate of drug-likeness (QED) is 0.480. The summed E-state index contributed by atoms with van der Waals surface area (Å²) >= 11 is 2.93.